The molecule has 0 amide bonds. The fourth-order valence-corrected chi connectivity index (χ4v) is 5.41. The molecule has 0 saturated heterocycles. The van der Waals surface area contributed by atoms with Gasteiger partial charge in [-0.15, -0.1) is 0 Å². The highest BCUT2D eigenvalue weighted by molar-refractivity contribution is 5.86. The van der Waals surface area contributed by atoms with Crippen molar-refractivity contribution in [3.8, 4) is 0 Å². The summed E-state index contributed by atoms with van der Waals surface area (Å²) in [6.45, 7) is 4.15. The van der Waals surface area contributed by atoms with E-state index >= 15 is 0 Å². The highest BCUT2D eigenvalue weighted by Crippen LogP contribution is 2.37. The molecule has 1 N–H and O–H groups in total. The normalized spacial score (nSPS) is 24.8. The van der Waals surface area contributed by atoms with Gasteiger partial charge in [-0.25, -0.2) is 0 Å². The second kappa shape index (κ2) is 8.80. The van der Waals surface area contributed by atoms with Crippen LogP contribution in [0.25, 0.3) is 16.3 Å². The molecular formula is C27H31N3O. The zero-order chi connectivity index (χ0) is 21.2. The van der Waals surface area contributed by atoms with E-state index in [1.165, 1.54) is 42.0 Å². The molecule has 1 fully saturated rings. The number of nitrogens with one attached hydrogen (secondary N) is 1. The van der Waals surface area contributed by atoms with E-state index in [0.29, 0.717) is 29.7 Å². The first-order chi connectivity index (χ1) is 15.2. The van der Waals surface area contributed by atoms with Gasteiger partial charge in [-0.1, -0.05) is 72.3 Å². The van der Waals surface area contributed by atoms with E-state index in [-0.39, 0.29) is 0 Å². The van der Waals surface area contributed by atoms with Crippen LogP contribution in [-0.2, 0) is 0 Å². The monoisotopic (exact) mass is 413 g/mol. The van der Waals surface area contributed by atoms with Crippen molar-refractivity contribution in [2.75, 3.05) is 0 Å². The molecule has 4 heteroatoms. The topological polar surface area (TPSA) is 51.0 Å². The molecule has 31 heavy (non-hydrogen) atoms. The van der Waals surface area contributed by atoms with Crippen molar-refractivity contribution in [1.82, 2.24) is 15.5 Å². The van der Waals surface area contributed by atoms with Crippen LogP contribution < -0.4 is 5.32 Å². The molecule has 2 aromatic carbocycles. The Morgan fingerprint density at radius 2 is 1.97 bits per heavy atom. The zero-order valence-electron chi connectivity index (χ0n) is 18.4. The molecule has 1 unspecified atom stereocenters. The molecule has 4 nitrogen and oxygen atoms in total. The van der Waals surface area contributed by atoms with E-state index in [4.69, 9.17) is 4.52 Å². The second-order valence-corrected chi connectivity index (χ2v) is 9.14. The Hall–Kier alpha value is -2.72. The average Bonchev–Trinajstić information content (AvgIpc) is 3.25. The molecule has 5 rings (SSSR count). The van der Waals surface area contributed by atoms with Crippen LogP contribution in [0.2, 0.25) is 0 Å². The number of hydrogen-bond acceptors (Lipinski definition) is 4. The quantitative estimate of drug-likeness (QED) is 0.526. The van der Waals surface area contributed by atoms with E-state index in [1.54, 1.807) is 0 Å². The first-order valence-corrected chi connectivity index (χ1v) is 11.6. The third kappa shape index (κ3) is 4.35. The molecular weight excluding hydrogens is 382 g/mol. The van der Waals surface area contributed by atoms with Crippen LogP contribution in [0, 0.1) is 18.8 Å². The summed E-state index contributed by atoms with van der Waals surface area (Å²) in [7, 11) is 0. The lowest BCUT2D eigenvalue weighted by atomic mass is 9.75. The van der Waals surface area contributed by atoms with Gasteiger partial charge < -0.3 is 9.84 Å². The van der Waals surface area contributed by atoms with Gasteiger partial charge in [0, 0.05) is 24.6 Å². The van der Waals surface area contributed by atoms with Crippen molar-refractivity contribution in [3.05, 3.63) is 78.0 Å². The third-order valence-corrected chi connectivity index (χ3v) is 7.01. The predicted octanol–water partition coefficient (Wildman–Crippen LogP) is 6.40. The highest BCUT2D eigenvalue weighted by Gasteiger charge is 2.29. The van der Waals surface area contributed by atoms with Crippen molar-refractivity contribution in [2.24, 2.45) is 11.8 Å². The lowest BCUT2D eigenvalue weighted by Crippen LogP contribution is -2.37. The van der Waals surface area contributed by atoms with Crippen LogP contribution in [0.5, 0.6) is 0 Å². The Kier molecular flexibility index (Phi) is 5.73. The summed E-state index contributed by atoms with van der Waals surface area (Å²) in [5, 5.41) is 10.7. The Balaban J connectivity index is 1.23. The zero-order valence-corrected chi connectivity index (χ0v) is 18.4. The minimum atomic E-state index is 0.352. The lowest BCUT2D eigenvalue weighted by molar-refractivity contribution is 0.228. The van der Waals surface area contributed by atoms with Crippen LogP contribution in [0.3, 0.4) is 0 Å². The number of nitrogens with zero attached hydrogens (tertiary/aromatic N) is 2. The maximum atomic E-state index is 5.13. The highest BCUT2D eigenvalue weighted by atomic mass is 16.5. The molecule has 0 radical (unpaired) electrons. The molecule has 0 aliphatic heterocycles. The van der Waals surface area contributed by atoms with Gasteiger partial charge in [0.25, 0.3) is 0 Å². The van der Waals surface area contributed by atoms with E-state index in [2.05, 4.69) is 83.1 Å². The van der Waals surface area contributed by atoms with Crippen molar-refractivity contribution in [2.45, 2.75) is 58.0 Å². The molecule has 0 bridgehead atoms. The summed E-state index contributed by atoms with van der Waals surface area (Å²) < 4.78 is 5.13. The second-order valence-electron chi connectivity index (χ2n) is 9.14. The standard InChI is InChI=1S/C27H31N3O/c1-18(25-12-6-8-21-7-3-4-11-26(21)25)28-24-10-5-9-23(17-24)20-13-15-22(16-14-20)27-29-19(2)31-30-27/h3-4,6-8,11-13,15-16,18,20,23-24,28H,5,9-10,14,17H2,1-2H3/t18-,20?,23+,24+/m1/s1. The van der Waals surface area contributed by atoms with Gasteiger partial charge in [-0.05, 0) is 60.8 Å². The maximum Gasteiger partial charge on any atom is 0.223 e. The smallest absolute Gasteiger partial charge is 0.223 e. The Bertz CT molecular complexity index is 1110. The van der Waals surface area contributed by atoms with Gasteiger partial charge in [0.15, 0.2) is 0 Å². The SMILES string of the molecule is Cc1nc(C2=CCC([C@H]3CCC[C@H](N[C@H](C)c4cccc5ccccc45)C3)C=C2)no1. The van der Waals surface area contributed by atoms with Crippen LogP contribution in [0.4, 0.5) is 0 Å². The number of rotatable bonds is 5. The average molecular weight is 414 g/mol. The van der Waals surface area contributed by atoms with Gasteiger partial charge in [0.2, 0.25) is 11.7 Å². The number of aromatic nitrogens is 2. The number of allylic oxidation sites excluding steroid dienone is 4. The Morgan fingerprint density at radius 3 is 2.77 bits per heavy atom. The van der Waals surface area contributed by atoms with Crippen LogP contribution >= 0.6 is 0 Å². The molecule has 1 aromatic heterocycles. The summed E-state index contributed by atoms with van der Waals surface area (Å²) in [4.78, 5) is 4.36. The summed E-state index contributed by atoms with van der Waals surface area (Å²) in [5.74, 6) is 2.66. The molecule has 3 aromatic rings. The largest absolute Gasteiger partial charge is 0.339 e. The number of fused-ring (bicyclic) bond motifs is 1. The van der Waals surface area contributed by atoms with Crippen molar-refractivity contribution < 1.29 is 4.52 Å². The third-order valence-electron chi connectivity index (χ3n) is 7.01. The van der Waals surface area contributed by atoms with Gasteiger partial charge in [-0.3, -0.25) is 0 Å². The molecule has 2 aliphatic rings. The number of aryl methyl sites for hydroxylation is 1. The fraction of sp³-hybridized carbons (Fsp3) is 0.407. The number of benzene rings is 2. The Morgan fingerprint density at radius 1 is 1.10 bits per heavy atom. The minimum Gasteiger partial charge on any atom is -0.339 e. The van der Waals surface area contributed by atoms with E-state index in [1.807, 2.05) is 6.92 Å². The Labute approximate surface area is 184 Å². The molecule has 1 saturated carbocycles. The van der Waals surface area contributed by atoms with Crippen LogP contribution in [-0.4, -0.2) is 16.2 Å². The molecule has 0 spiro atoms. The van der Waals surface area contributed by atoms with Crippen molar-refractivity contribution >= 4 is 16.3 Å². The van der Waals surface area contributed by atoms with E-state index in [0.717, 1.165) is 17.9 Å². The summed E-state index contributed by atoms with van der Waals surface area (Å²) in [6, 6.07) is 16.3. The summed E-state index contributed by atoms with van der Waals surface area (Å²) in [5.41, 5.74) is 2.49. The molecule has 4 atom stereocenters. The number of hydrogen-bond donors (Lipinski definition) is 1. The van der Waals surface area contributed by atoms with Gasteiger partial charge in [0.05, 0.1) is 0 Å². The van der Waals surface area contributed by atoms with Crippen LogP contribution in [0.15, 0.2) is 65.2 Å². The molecule has 1 heterocycles. The van der Waals surface area contributed by atoms with Crippen molar-refractivity contribution in [1.29, 1.82) is 0 Å². The van der Waals surface area contributed by atoms with E-state index in [9.17, 15) is 0 Å². The van der Waals surface area contributed by atoms with Gasteiger partial charge >= 0.3 is 0 Å². The van der Waals surface area contributed by atoms with Gasteiger partial charge in [-0.2, -0.15) is 4.98 Å². The van der Waals surface area contributed by atoms with E-state index < -0.39 is 0 Å². The summed E-state index contributed by atoms with van der Waals surface area (Å²) >= 11 is 0. The van der Waals surface area contributed by atoms with Crippen LogP contribution in [0.1, 0.15) is 62.3 Å². The lowest BCUT2D eigenvalue weighted by Gasteiger charge is -2.36. The predicted molar refractivity (Wildman–Crippen MR) is 126 cm³/mol. The van der Waals surface area contributed by atoms with Gasteiger partial charge in [0.1, 0.15) is 0 Å². The molecule has 160 valence electrons. The first kappa shape index (κ1) is 20.2. The van der Waals surface area contributed by atoms with Crippen molar-refractivity contribution in [3.63, 3.8) is 0 Å². The maximum absolute atomic E-state index is 5.13. The molecule has 2 aliphatic carbocycles. The fourth-order valence-electron chi connectivity index (χ4n) is 5.41. The minimum absolute atomic E-state index is 0.352. The summed E-state index contributed by atoms with van der Waals surface area (Å²) in [6.07, 6.45) is 13.0. The first-order valence-electron chi connectivity index (χ1n) is 11.6.